The molecule has 0 bridgehead atoms. The van der Waals surface area contributed by atoms with E-state index in [4.69, 9.17) is 0 Å². The van der Waals surface area contributed by atoms with Crippen LogP contribution in [0.1, 0.15) is 50.0 Å². The molecule has 2 fully saturated rings. The molecule has 1 amide bonds. The highest BCUT2D eigenvalue weighted by Crippen LogP contribution is 2.28. The van der Waals surface area contributed by atoms with Crippen molar-refractivity contribution < 1.29 is 9.90 Å². The van der Waals surface area contributed by atoms with E-state index in [-0.39, 0.29) is 5.91 Å². The first-order valence-electron chi connectivity index (χ1n) is 9.09. The summed E-state index contributed by atoms with van der Waals surface area (Å²) in [6, 6.07) is 2.61. The molecule has 3 rings (SSSR count). The van der Waals surface area contributed by atoms with Gasteiger partial charge in [-0.2, -0.15) is 5.10 Å². The second-order valence-electron chi connectivity index (χ2n) is 7.61. The summed E-state index contributed by atoms with van der Waals surface area (Å²) in [5.74, 6) is 0.114. The maximum Gasteiger partial charge on any atom is 0.219 e. The standard InChI is InChI=1S/C18H30N4O2/c1-14-12-15(2)22(19-14)17-4-8-20(9-5-17)13-18(24)6-10-21(11-7-18)16(3)23/h12,17,24H,4-11,13H2,1-3H3. The Hall–Kier alpha value is -1.40. The topological polar surface area (TPSA) is 61.6 Å². The number of hydrogen-bond acceptors (Lipinski definition) is 4. The van der Waals surface area contributed by atoms with E-state index >= 15 is 0 Å². The van der Waals surface area contributed by atoms with Crippen molar-refractivity contribution in [2.24, 2.45) is 0 Å². The van der Waals surface area contributed by atoms with Crippen LogP contribution in [0.2, 0.25) is 0 Å². The molecule has 1 N–H and O–H groups in total. The van der Waals surface area contributed by atoms with E-state index < -0.39 is 5.60 Å². The summed E-state index contributed by atoms with van der Waals surface area (Å²) in [7, 11) is 0. The number of amides is 1. The molecule has 3 heterocycles. The first-order valence-corrected chi connectivity index (χ1v) is 9.09. The van der Waals surface area contributed by atoms with Crippen molar-refractivity contribution >= 4 is 5.91 Å². The molecule has 6 heteroatoms. The minimum atomic E-state index is -0.642. The molecule has 24 heavy (non-hydrogen) atoms. The lowest BCUT2D eigenvalue weighted by Crippen LogP contribution is -2.53. The van der Waals surface area contributed by atoms with E-state index in [0.717, 1.165) is 38.2 Å². The molecule has 0 aromatic carbocycles. The van der Waals surface area contributed by atoms with Crippen molar-refractivity contribution in [3.8, 4) is 0 Å². The van der Waals surface area contributed by atoms with Crippen LogP contribution in [0.3, 0.4) is 0 Å². The van der Waals surface area contributed by atoms with Gasteiger partial charge < -0.3 is 14.9 Å². The Labute approximate surface area is 144 Å². The molecule has 134 valence electrons. The number of β-amino-alcohol motifs (C(OH)–C–C–N with tert-alkyl or cyclic N) is 1. The summed E-state index contributed by atoms with van der Waals surface area (Å²) < 4.78 is 2.17. The second kappa shape index (κ2) is 6.84. The number of carbonyl (C=O) groups excluding carboxylic acids is 1. The normalized spacial score (nSPS) is 22.8. The average Bonchev–Trinajstić information content (AvgIpc) is 2.87. The molecular formula is C18H30N4O2. The molecule has 0 spiro atoms. The van der Waals surface area contributed by atoms with Gasteiger partial charge in [-0.3, -0.25) is 9.48 Å². The fourth-order valence-corrected chi connectivity index (χ4v) is 4.15. The Morgan fingerprint density at radius 2 is 1.88 bits per heavy atom. The quantitative estimate of drug-likeness (QED) is 0.910. The lowest BCUT2D eigenvalue weighted by molar-refractivity contribution is -0.133. The van der Waals surface area contributed by atoms with Crippen molar-refractivity contribution in [1.82, 2.24) is 19.6 Å². The molecule has 6 nitrogen and oxygen atoms in total. The van der Waals surface area contributed by atoms with Crippen LogP contribution in [-0.4, -0.2) is 68.9 Å². The highest BCUT2D eigenvalue weighted by Gasteiger charge is 2.35. The molecule has 2 aliphatic rings. The number of carbonyl (C=O) groups is 1. The monoisotopic (exact) mass is 334 g/mol. The molecule has 0 aliphatic carbocycles. The Kier molecular flexibility index (Phi) is 4.97. The van der Waals surface area contributed by atoms with Gasteiger partial charge in [-0.1, -0.05) is 0 Å². The summed E-state index contributed by atoms with van der Waals surface area (Å²) in [6.07, 6.45) is 3.53. The van der Waals surface area contributed by atoms with Crippen molar-refractivity contribution in [2.75, 3.05) is 32.7 Å². The first-order chi connectivity index (χ1) is 11.4. The zero-order valence-corrected chi connectivity index (χ0v) is 15.2. The van der Waals surface area contributed by atoms with Crippen molar-refractivity contribution in [1.29, 1.82) is 0 Å². The van der Waals surface area contributed by atoms with Crippen LogP contribution < -0.4 is 0 Å². The summed E-state index contributed by atoms with van der Waals surface area (Å²) in [5, 5.41) is 15.5. The summed E-state index contributed by atoms with van der Waals surface area (Å²) in [5.41, 5.74) is 1.68. The Morgan fingerprint density at radius 3 is 2.38 bits per heavy atom. The lowest BCUT2D eigenvalue weighted by Gasteiger charge is -2.42. The minimum absolute atomic E-state index is 0.114. The van der Waals surface area contributed by atoms with E-state index in [0.29, 0.717) is 32.0 Å². The van der Waals surface area contributed by atoms with Gasteiger partial charge in [0.2, 0.25) is 5.91 Å². The molecule has 1 aromatic heterocycles. The zero-order chi connectivity index (χ0) is 17.3. The van der Waals surface area contributed by atoms with Crippen LogP contribution >= 0.6 is 0 Å². The Balaban J connectivity index is 1.50. The van der Waals surface area contributed by atoms with Crippen LogP contribution in [-0.2, 0) is 4.79 Å². The number of rotatable bonds is 3. The number of hydrogen-bond donors (Lipinski definition) is 1. The Morgan fingerprint density at radius 1 is 1.25 bits per heavy atom. The smallest absolute Gasteiger partial charge is 0.219 e. The molecule has 0 atom stereocenters. The molecule has 2 saturated heterocycles. The predicted molar refractivity (Wildman–Crippen MR) is 92.8 cm³/mol. The van der Waals surface area contributed by atoms with Gasteiger partial charge in [-0.05, 0) is 45.6 Å². The van der Waals surface area contributed by atoms with Gasteiger partial charge in [-0.25, -0.2) is 0 Å². The zero-order valence-electron chi connectivity index (χ0n) is 15.2. The molecule has 0 saturated carbocycles. The van der Waals surface area contributed by atoms with Crippen molar-refractivity contribution in [3.63, 3.8) is 0 Å². The van der Waals surface area contributed by atoms with Crippen LogP contribution in [0.25, 0.3) is 0 Å². The molecule has 0 radical (unpaired) electrons. The largest absolute Gasteiger partial charge is 0.388 e. The van der Waals surface area contributed by atoms with Crippen molar-refractivity contribution in [3.05, 3.63) is 17.5 Å². The van der Waals surface area contributed by atoms with E-state index in [2.05, 4.69) is 27.7 Å². The van der Waals surface area contributed by atoms with E-state index in [1.807, 2.05) is 11.8 Å². The van der Waals surface area contributed by atoms with Gasteiger partial charge in [-0.15, -0.1) is 0 Å². The Bertz CT molecular complexity index is 582. The highest BCUT2D eigenvalue weighted by molar-refractivity contribution is 5.73. The van der Waals surface area contributed by atoms with Gasteiger partial charge in [0.25, 0.3) is 0 Å². The van der Waals surface area contributed by atoms with Gasteiger partial charge in [0.05, 0.1) is 17.3 Å². The lowest BCUT2D eigenvalue weighted by atomic mass is 9.90. The third kappa shape index (κ3) is 3.81. The molecule has 2 aliphatic heterocycles. The molecule has 0 unspecified atom stereocenters. The van der Waals surface area contributed by atoms with Crippen LogP contribution in [0.15, 0.2) is 6.07 Å². The van der Waals surface area contributed by atoms with E-state index in [1.165, 1.54) is 5.69 Å². The third-order valence-corrected chi connectivity index (χ3v) is 5.60. The van der Waals surface area contributed by atoms with Crippen LogP contribution in [0, 0.1) is 13.8 Å². The van der Waals surface area contributed by atoms with Gasteiger partial charge in [0, 0.05) is 45.3 Å². The number of piperidine rings is 2. The van der Waals surface area contributed by atoms with E-state index in [9.17, 15) is 9.90 Å². The van der Waals surface area contributed by atoms with E-state index in [1.54, 1.807) is 6.92 Å². The third-order valence-electron chi connectivity index (χ3n) is 5.60. The average molecular weight is 334 g/mol. The first kappa shape index (κ1) is 17.4. The SMILES string of the molecule is CC(=O)N1CCC(O)(CN2CCC(n3nc(C)cc3C)CC2)CC1. The van der Waals surface area contributed by atoms with Gasteiger partial charge in [0.1, 0.15) is 0 Å². The van der Waals surface area contributed by atoms with Gasteiger partial charge in [0.15, 0.2) is 0 Å². The fourth-order valence-electron chi connectivity index (χ4n) is 4.15. The number of nitrogens with zero attached hydrogens (tertiary/aromatic N) is 4. The number of aromatic nitrogens is 2. The van der Waals surface area contributed by atoms with Crippen LogP contribution in [0.5, 0.6) is 0 Å². The maximum atomic E-state index is 11.4. The molecule has 1 aromatic rings. The molecular weight excluding hydrogens is 304 g/mol. The number of aliphatic hydroxyl groups is 1. The second-order valence-corrected chi connectivity index (χ2v) is 7.61. The van der Waals surface area contributed by atoms with Crippen LogP contribution in [0.4, 0.5) is 0 Å². The highest BCUT2D eigenvalue weighted by atomic mass is 16.3. The summed E-state index contributed by atoms with van der Waals surface area (Å²) >= 11 is 0. The fraction of sp³-hybridized carbons (Fsp3) is 0.778. The summed E-state index contributed by atoms with van der Waals surface area (Å²) in [4.78, 5) is 15.6. The number of aryl methyl sites for hydroxylation is 2. The minimum Gasteiger partial charge on any atom is -0.388 e. The van der Waals surface area contributed by atoms with Gasteiger partial charge >= 0.3 is 0 Å². The maximum absolute atomic E-state index is 11.4. The van der Waals surface area contributed by atoms with Crippen molar-refractivity contribution in [2.45, 2.75) is 58.1 Å². The summed E-state index contributed by atoms with van der Waals surface area (Å²) in [6.45, 7) is 9.85. The predicted octanol–water partition coefficient (Wildman–Crippen LogP) is 1.51. The number of likely N-dealkylation sites (tertiary alicyclic amines) is 2.